The molecule has 2 aromatic carbocycles. The van der Waals surface area contributed by atoms with Gasteiger partial charge >= 0.3 is 12.1 Å². The van der Waals surface area contributed by atoms with E-state index in [9.17, 15) is 18.0 Å². The molecule has 0 aliphatic heterocycles. The molecular weight excluding hydrogens is 559 g/mol. The minimum atomic E-state index is -4.52. The second-order valence-electron chi connectivity index (χ2n) is 10.2. The second-order valence-corrected chi connectivity index (χ2v) is 10.6. The van der Waals surface area contributed by atoms with Crippen molar-refractivity contribution in [2.75, 3.05) is 6.61 Å². The Kier molecular flexibility index (Phi) is 9.01. The number of hydrogen-bond donors (Lipinski definition) is 0. The highest BCUT2D eigenvalue weighted by molar-refractivity contribution is 6.31. The first-order valence-electron chi connectivity index (χ1n) is 13.0. The van der Waals surface area contributed by atoms with Crippen LogP contribution < -0.4 is 4.74 Å². The number of alkyl halides is 3. The first-order chi connectivity index (χ1) is 19.4. The van der Waals surface area contributed by atoms with E-state index in [2.05, 4.69) is 15.1 Å². The Morgan fingerprint density at radius 1 is 1.02 bits per heavy atom. The molecule has 0 saturated heterocycles. The van der Waals surface area contributed by atoms with Crippen molar-refractivity contribution in [1.29, 1.82) is 0 Å². The minimum Gasteiger partial charge on any atom is -0.493 e. The largest absolute Gasteiger partial charge is 0.493 e. The van der Waals surface area contributed by atoms with Crippen molar-refractivity contribution in [2.45, 2.75) is 58.7 Å². The number of aryl methyl sites for hydroxylation is 1. The van der Waals surface area contributed by atoms with Crippen LogP contribution in [0.5, 0.6) is 5.75 Å². The van der Waals surface area contributed by atoms with E-state index in [0.717, 1.165) is 6.07 Å². The Hall–Kier alpha value is -3.92. The summed E-state index contributed by atoms with van der Waals surface area (Å²) < 4.78 is 57.4. The van der Waals surface area contributed by atoms with E-state index >= 15 is 0 Å². The van der Waals surface area contributed by atoms with Crippen LogP contribution in [-0.2, 0) is 22.1 Å². The van der Waals surface area contributed by atoms with Gasteiger partial charge < -0.3 is 14.0 Å². The minimum absolute atomic E-state index is 0.00752. The topological polar surface area (TPSA) is 87.3 Å². The molecule has 0 fully saturated rings. The first-order valence-corrected chi connectivity index (χ1v) is 13.4. The molecule has 4 rings (SSSR count). The molecule has 0 spiro atoms. The molecule has 2 heterocycles. The predicted molar refractivity (Wildman–Crippen MR) is 148 cm³/mol. The fourth-order valence-corrected chi connectivity index (χ4v) is 4.40. The molecule has 0 N–H and O–H groups in total. The third-order valence-electron chi connectivity index (χ3n) is 5.87. The van der Waals surface area contributed by atoms with Gasteiger partial charge in [0.25, 0.3) is 5.89 Å². The number of carbonyl (C=O) groups is 1. The lowest BCUT2D eigenvalue weighted by Crippen LogP contribution is -2.23. The summed E-state index contributed by atoms with van der Waals surface area (Å²) in [5.41, 5.74) is 0.614. The molecule has 2 aromatic heterocycles. The lowest BCUT2D eigenvalue weighted by Gasteiger charge is -2.19. The second kappa shape index (κ2) is 12.3. The summed E-state index contributed by atoms with van der Waals surface area (Å²) in [7, 11) is 0. The fraction of sp³-hybridized carbons (Fsp3) is 0.333. The van der Waals surface area contributed by atoms with E-state index in [1.165, 1.54) is 12.1 Å². The van der Waals surface area contributed by atoms with E-state index in [0.29, 0.717) is 40.2 Å². The number of pyridine rings is 1. The maximum absolute atomic E-state index is 13.7. The molecule has 0 saturated carbocycles. The third-order valence-corrected chi connectivity index (χ3v) is 6.19. The van der Waals surface area contributed by atoms with Crippen molar-refractivity contribution in [3.8, 4) is 39.7 Å². The van der Waals surface area contributed by atoms with Crippen LogP contribution >= 0.6 is 11.6 Å². The molecule has 0 unspecified atom stereocenters. The molecule has 11 heteroatoms. The van der Waals surface area contributed by atoms with Crippen LogP contribution in [0.1, 0.15) is 51.8 Å². The van der Waals surface area contributed by atoms with Gasteiger partial charge in [-0.1, -0.05) is 35.0 Å². The monoisotopic (exact) mass is 587 g/mol. The highest BCUT2D eigenvalue weighted by Gasteiger charge is 2.34. The van der Waals surface area contributed by atoms with Crippen molar-refractivity contribution >= 4 is 17.6 Å². The van der Waals surface area contributed by atoms with Gasteiger partial charge in [0.15, 0.2) is 0 Å². The Bertz CT molecular complexity index is 1530. The van der Waals surface area contributed by atoms with Gasteiger partial charge in [0.05, 0.1) is 22.9 Å². The van der Waals surface area contributed by atoms with E-state index in [-0.39, 0.29) is 42.0 Å². The zero-order chi connectivity index (χ0) is 29.8. The zero-order valence-electron chi connectivity index (χ0n) is 23.0. The van der Waals surface area contributed by atoms with Crippen LogP contribution in [0.25, 0.3) is 34.0 Å². The van der Waals surface area contributed by atoms with Crippen LogP contribution in [-0.4, -0.2) is 33.3 Å². The first kappa shape index (κ1) is 30.0. The van der Waals surface area contributed by atoms with Crippen LogP contribution in [0.3, 0.4) is 0 Å². The zero-order valence-corrected chi connectivity index (χ0v) is 23.8. The van der Waals surface area contributed by atoms with Gasteiger partial charge in [0.1, 0.15) is 11.4 Å². The molecular formula is C30H29ClF3N3O4. The maximum Gasteiger partial charge on any atom is 0.417 e. The average Bonchev–Trinajstić information content (AvgIpc) is 3.39. The molecule has 0 amide bonds. The molecule has 41 heavy (non-hydrogen) atoms. The van der Waals surface area contributed by atoms with E-state index < -0.39 is 17.3 Å². The number of esters is 1. The number of benzene rings is 2. The molecule has 4 aromatic rings. The molecule has 0 aliphatic carbocycles. The summed E-state index contributed by atoms with van der Waals surface area (Å²) in [5.74, 6) is 0.352. The number of nitrogens with zero attached hydrogens (tertiary/aromatic N) is 3. The number of carbonyl (C=O) groups excluding carboxylic acids is 1. The average molecular weight is 588 g/mol. The number of hydrogen-bond acceptors (Lipinski definition) is 7. The van der Waals surface area contributed by atoms with Crippen LogP contribution in [0, 0.1) is 0 Å². The Balaban J connectivity index is 1.53. The SMILES string of the molecule is CCOc1cc(-c2nc(-c3cnc(CCCC(=O)OC(C)(C)C)c(Cl)c3)no2)ccc1-c1ccccc1C(F)(F)F. The summed E-state index contributed by atoms with van der Waals surface area (Å²) in [6.07, 6.45) is -1.70. The smallest absolute Gasteiger partial charge is 0.417 e. The van der Waals surface area contributed by atoms with E-state index in [1.807, 2.05) is 20.8 Å². The van der Waals surface area contributed by atoms with Crippen molar-refractivity contribution in [3.05, 3.63) is 71.0 Å². The number of ether oxygens (including phenoxy) is 2. The summed E-state index contributed by atoms with van der Waals surface area (Å²) in [5, 5.41) is 4.41. The van der Waals surface area contributed by atoms with Gasteiger partial charge in [-0.2, -0.15) is 18.2 Å². The fourth-order valence-electron chi connectivity index (χ4n) is 4.14. The maximum atomic E-state index is 13.7. The van der Waals surface area contributed by atoms with Crippen LogP contribution in [0.15, 0.2) is 59.3 Å². The van der Waals surface area contributed by atoms with Crippen LogP contribution in [0.2, 0.25) is 5.02 Å². The van der Waals surface area contributed by atoms with Gasteiger partial charge in [0.2, 0.25) is 5.82 Å². The lowest BCUT2D eigenvalue weighted by molar-refractivity contribution is -0.154. The van der Waals surface area contributed by atoms with Gasteiger partial charge in [-0.25, -0.2) is 0 Å². The normalized spacial score (nSPS) is 11.9. The summed E-state index contributed by atoms with van der Waals surface area (Å²) in [4.78, 5) is 20.8. The Morgan fingerprint density at radius 2 is 1.78 bits per heavy atom. The van der Waals surface area contributed by atoms with Crippen molar-refractivity contribution in [2.24, 2.45) is 0 Å². The lowest BCUT2D eigenvalue weighted by atomic mass is 9.97. The van der Waals surface area contributed by atoms with Crippen LogP contribution in [0.4, 0.5) is 13.2 Å². The van der Waals surface area contributed by atoms with Gasteiger partial charge in [-0.15, -0.1) is 0 Å². The Labute approximate surface area is 240 Å². The van der Waals surface area contributed by atoms with Gasteiger partial charge in [-0.05, 0) is 76.4 Å². The summed E-state index contributed by atoms with van der Waals surface area (Å²) in [6.45, 7) is 7.44. The third kappa shape index (κ3) is 7.64. The molecule has 0 radical (unpaired) electrons. The van der Waals surface area contributed by atoms with Gasteiger partial charge in [-0.3, -0.25) is 9.78 Å². The molecule has 216 valence electrons. The van der Waals surface area contributed by atoms with E-state index in [1.54, 1.807) is 43.5 Å². The molecule has 0 aliphatic rings. The standard InChI is InChI=1S/C30H29ClF3N3O4/c1-5-39-25-16-18(13-14-21(25)20-9-6-7-10-22(20)30(32,33)34)28-36-27(37-41-28)19-15-23(31)24(35-17-19)11-8-12-26(38)40-29(2,3)4/h6-7,9-10,13-17H,5,8,11-12H2,1-4H3. The van der Waals surface area contributed by atoms with E-state index in [4.69, 9.17) is 25.6 Å². The van der Waals surface area contributed by atoms with Crippen molar-refractivity contribution < 1.29 is 32.0 Å². The molecule has 0 atom stereocenters. The van der Waals surface area contributed by atoms with Crippen molar-refractivity contribution in [1.82, 2.24) is 15.1 Å². The summed E-state index contributed by atoms with van der Waals surface area (Å²) >= 11 is 6.44. The number of aromatic nitrogens is 3. The quantitative estimate of drug-likeness (QED) is 0.182. The highest BCUT2D eigenvalue weighted by Crippen LogP contribution is 2.41. The Morgan fingerprint density at radius 3 is 2.46 bits per heavy atom. The molecule has 7 nitrogen and oxygen atoms in total. The summed E-state index contributed by atoms with van der Waals surface area (Å²) in [6, 6.07) is 11.7. The van der Waals surface area contributed by atoms with Crippen molar-refractivity contribution in [3.63, 3.8) is 0 Å². The number of halogens is 4. The highest BCUT2D eigenvalue weighted by atomic mass is 35.5. The number of rotatable bonds is 9. The molecule has 0 bridgehead atoms. The predicted octanol–water partition coefficient (Wildman–Crippen LogP) is 8.20. The van der Waals surface area contributed by atoms with Gasteiger partial charge in [0, 0.05) is 29.3 Å².